The molecule has 144 valence electrons. The van der Waals surface area contributed by atoms with Crippen molar-refractivity contribution in [1.29, 1.82) is 0 Å². The van der Waals surface area contributed by atoms with E-state index < -0.39 is 0 Å². The molecule has 1 aliphatic carbocycles. The molecule has 2 aromatic heterocycles. The van der Waals surface area contributed by atoms with Crippen LogP contribution in [-0.2, 0) is 12.8 Å². The van der Waals surface area contributed by atoms with Crippen molar-refractivity contribution in [2.45, 2.75) is 38.5 Å². The van der Waals surface area contributed by atoms with E-state index in [0.717, 1.165) is 28.8 Å². The lowest BCUT2D eigenvalue weighted by atomic mass is 9.96. The van der Waals surface area contributed by atoms with E-state index >= 15 is 0 Å². The Morgan fingerprint density at radius 3 is 2.79 bits per heavy atom. The third-order valence-electron chi connectivity index (χ3n) is 5.34. The van der Waals surface area contributed by atoms with Gasteiger partial charge < -0.3 is 20.5 Å². The number of benzene rings is 1. The Kier molecular flexibility index (Phi) is 4.31. The average Bonchev–Trinajstić information content (AvgIpc) is 3.26. The van der Waals surface area contributed by atoms with Gasteiger partial charge in [-0.3, -0.25) is 4.79 Å². The summed E-state index contributed by atoms with van der Waals surface area (Å²) in [7, 11) is 0. The van der Waals surface area contributed by atoms with Gasteiger partial charge in [-0.15, -0.1) is 11.3 Å². The third-order valence-corrected chi connectivity index (χ3v) is 6.45. The van der Waals surface area contributed by atoms with Crippen molar-refractivity contribution in [2.75, 3.05) is 17.8 Å². The standard InChI is InChI=1S/C21H21N3O3S/c22-18-14-9-12-5-3-1-2-4-6-15(12)24-21(14)28-19(18)20(25)23-13-7-8-16-17(10-13)27-11-26-16/h7-10H,1-6,11,22H2,(H,23,25). The van der Waals surface area contributed by atoms with Crippen molar-refractivity contribution in [3.63, 3.8) is 0 Å². The molecule has 7 heteroatoms. The molecule has 3 heterocycles. The number of nitrogen functional groups attached to an aromatic ring is 1. The van der Waals surface area contributed by atoms with Gasteiger partial charge in [-0.1, -0.05) is 12.8 Å². The number of carbonyl (C=O) groups excluding carboxylic acids is 1. The summed E-state index contributed by atoms with van der Waals surface area (Å²) >= 11 is 1.36. The van der Waals surface area contributed by atoms with Crippen LogP contribution in [0.4, 0.5) is 11.4 Å². The lowest BCUT2D eigenvalue weighted by Gasteiger charge is -2.12. The molecule has 1 aromatic carbocycles. The van der Waals surface area contributed by atoms with Crippen molar-refractivity contribution in [1.82, 2.24) is 4.98 Å². The van der Waals surface area contributed by atoms with Crippen LogP contribution in [0.25, 0.3) is 10.2 Å². The van der Waals surface area contributed by atoms with E-state index in [4.69, 9.17) is 20.2 Å². The Hall–Kier alpha value is -2.80. The Bertz CT molecular complexity index is 1080. The molecular weight excluding hydrogens is 374 g/mol. The molecule has 0 atom stereocenters. The lowest BCUT2D eigenvalue weighted by Crippen LogP contribution is -2.11. The number of anilines is 2. The van der Waals surface area contributed by atoms with Crippen LogP contribution in [0.15, 0.2) is 24.3 Å². The van der Waals surface area contributed by atoms with Gasteiger partial charge in [-0.05, 0) is 49.4 Å². The number of rotatable bonds is 2. The van der Waals surface area contributed by atoms with Gasteiger partial charge in [0.1, 0.15) is 9.71 Å². The fraction of sp³-hybridized carbons (Fsp3) is 0.333. The summed E-state index contributed by atoms with van der Waals surface area (Å²) in [5.41, 5.74) is 9.95. The van der Waals surface area contributed by atoms with Crippen molar-refractivity contribution in [2.24, 2.45) is 0 Å². The highest BCUT2D eigenvalue weighted by Gasteiger charge is 2.21. The molecule has 0 bridgehead atoms. The summed E-state index contributed by atoms with van der Waals surface area (Å²) in [5.74, 6) is 1.08. The fourth-order valence-electron chi connectivity index (χ4n) is 3.84. The van der Waals surface area contributed by atoms with E-state index in [1.165, 1.54) is 42.6 Å². The van der Waals surface area contributed by atoms with Gasteiger partial charge in [0.05, 0.1) is 5.69 Å². The highest BCUT2D eigenvalue weighted by Crippen LogP contribution is 2.37. The lowest BCUT2D eigenvalue weighted by molar-refractivity contribution is 0.103. The largest absolute Gasteiger partial charge is 0.454 e. The van der Waals surface area contributed by atoms with Gasteiger partial charge >= 0.3 is 0 Å². The number of aromatic nitrogens is 1. The number of carbonyl (C=O) groups is 1. The normalized spacial score (nSPS) is 15.7. The van der Waals surface area contributed by atoms with Crippen molar-refractivity contribution in [3.8, 4) is 11.5 Å². The monoisotopic (exact) mass is 395 g/mol. The molecule has 0 unspecified atom stereocenters. The minimum atomic E-state index is -0.230. The van der Waals surface area contributed by atoms with Gasteiger partial charge in [0, 0.05) is 22.8 Å². The number of nitrogens with two attached hydrogens (primary N) is 1. The highest BCUT2D eigenvalue weighted by molar-refractivity contribution is 7.21. The molecule has 28 heavy (non-hydrogen) atoms. The molecule has 6 nitrogen and oxygen atoms in total. The second kappa shape index (κ2) is 6.98. The second-order valence-corrected chi connectivity index (χ2v) is 8.23. The number of fused-ring (bicyclic) bond motifs is 3. The fourth-order valence-corrected chi connectivity index (χ4v) is 4.84. The third kappa shape index (κ3) is 3.05. The molecule has 0 radical (unpaired) electrons. The first-order valence-corrected chi connectivity index (χ1v) is 10.4. The number of thiophene rings is 1. The van der Waals surface area contributed by atoms with Crippen molar-refractivity contribution < 1.29 is 14.3 Å². The Morgan fingerprint density at radius 2 is 1.89 bits per heavy atom. The maximum Gasteiger partial charge on any atom is 0.267 e. The smallest absolute Gasteiger partial charge is 0.267 e. The zero-order valence-corrected chi connectivity index (χ0v) is 16.2. The topological polar surface area (TPSA) is 86.5 Å². The van der Waals surface area contributed by atoms with Crippen LogP contribution in [0, 0.1) is 0 Å². The van der Waals surface area contributed by atoms with Gasteiger partial charge in [-0.2, -0.15) is 0 Å². The number of hydrogen-bond acceptors (Lipinski definition) is 6. The summed E-state index contributed by atoms with van der Waals surface area (Å²) < 4.78 is 10.7. The predicted octanol–water partition coefficient (Wildman–Crippen LogP) is 4.52. The Labute approximate surface area is 166 Å². The van der Waals surface area contributed by atoms with Crippen molar-refractivity contribution >= 4 is 38.8 Å². The second-order valence-electron chi connectivity index (χ2n) is 7.23. The first kappa shape index (κ1) is 17.3. The van der Waals surface area contributed by atoms with Crippen LogP contribution in [-0.4, -0.2) is 17.7 Å². The van der Waals surface area contributed by atoms with E-state index in [2.05, 4.69) is 11.4 Å². The van der Waals surface area contributed by atoms with Crippen LogP contribution in [0.1, 0.15) is 46.6 Å². The number of aryl methyl sites for hydroxylation is 2. The van der Waals surface area contributed by atoms with E-state index in [9.17, 15) is 4.79 Å². The summed E-state index contributed by atoms with van der Waals surface area (Å²) in [6.07, 6.45) is 6.91. The van der Waals surface area contributed by atoms with E-state index in [0.29, 0.717) is 27.8 Å². The number of ether oxygens (including phenoxy) is 2. The maximum absolute atomic E-state index is 12.9. The highest BCUT2D eigenvalue weighted by atomic mass is 32.1. The molecule has 0 fully saturated rings. The van der Waals surface area contributed by atoms with Crippen LogP contribution >= 0.6 is 11.3 Å². The van der Waals surface area contributed by atoms with Crippen LogP contribution in [0.5, 0.6) is 11.5 Å². The number of amides is 1. The minimum Gasteiger partial charge on any atom is -0.454 e. The van der Waals surface area contributed by atoms with Gasteiger partial charge in [-0.25, -0.2) is 4.98 Å². The van der Waals surface area contributed by atoms with E-state index in [-0.39, 0.29) is 12.7 Å². The quantitative estimate of drug-likeness (QED) is 0.666. The van der Waals surface area contributed by atoms with Crippen LogP contribution < -0.4 is 20.5 Å². The predicted molar refractivity (Wildman–Crippen MR) is 110 cm³/mol. The number of nitrogens with one attached hydrogen (secondary N) is 1. The average molecular weight is 395 g/mol. The molecule has 5 rings (SSSR count). The Morgan fingerprint density at radius 1 is 1.07 bits per heavy atom. The summed E-state index contributed by atoms with van der Waals surface area (Å²) in [6, 6.07) is 7.48. The first-order chi connectivity index (χ1) is 13.7. The van der Waals surface area contributed by atoms with E-state index in [1.807, 2.05) is 0 Å². The summed E-state index contributed by atoms with van der Waals surface area (Å²) in [5, 5.41) is 3.80. The molecule has 2 aliphatic rings. The molecule has 0 saturated heterocycles. The zero-order valence-electron chi connectivity index (χ0n) is 15.4. The number of nitrogens with zero attached hydrogens (tertiary/aromatic N) is 1. The SMILES string of the molecule is Nc1c(C(=O)Nc2ccc3c(c2)OCO3)sc2nc3c(cc12)CCCCCC3. The minimum absolute atomic E-state index is 0.201. The van der Waals surface area contributed by atoms with Gasteiger partial charge in [0.15, 0.2) is 11.5 Å². The van der Waals surface area contributed by atoms with Crippen molar-refractivity contribution in [3.05, 3.63) is 40.4 Å². The molecule has 1 aliphatic heterocycles. The van der Waals surface area contributed by atoms with Gasteiger partial charge in [0.2, 0.25) is 6.79 Å². The van der Waals surface area contributed by atoms with E-state index in [1.54, 1.807) is 18.2 Å². The van der Waals surface area contributed by atoms with Gasteiger partial charge in [0.25, 0.3) is 5.91 Å². The van der Waals surface area contributed by atoms with Crippen LogP contribution in [0.2, 0.25) is 0 Å². The summed E-state index contributed by atoms with van der Waals surface area (Å²) in [6.45, 7) is 0.201. The molecular formula is C21H21N3O3S. The molecule has 0 saturated carbocycles. The number of hydrogen-bond donors (Lipinski definition) is 2. The molecule has 3 aromatic rings. The molecule has 3 N–H and O–H groups in total. The zero-order chi connectivity index (χ0) is 19.1. The maximum atomic E-state index is 12.9. The van der Waals surface area contributed by atoms with Crippen LogP contribution in [0.3, 0.4) is 0 Å². The first-order valence-electron chi connectivity index (χ1n) is 9.61. The summed E-state index contributed by atoms with van der Waals surface area (Å²) in [4.78, 5) is 19.1. The molecule has 1 amide bonds. The molecule has 0 spiro atoms. The number of pyridine rings is 1. The Balaban J connectivity index is 1.46.